The van der Waals surface area contributed by atoms with Crippen molar-refractivity contribution in [1.82, 2.24) is 4.72 Å². The third kappa shape index (κ3) is 4.69. The van der Waals surface area contributed by atoms with Crippen LogP contribution in [0.15, 0.2) is 53.4 Å². The first kappa shape index (κ1) is 17.3. The van der Waals surface area contributed by atoms with Gasteiger partial charge in [0.2, 0.25) is 15.9 Å². The lowest BCUT2D eigenvalue weighted by Gasteiger charge is -2.11. The molecule has 0 spiro atoms. The van der Waals surface area contributed by atoms with E-state index in [-0.39, 0.29) is 4.90 Å². The summed E-state index contributed by atoms with van der Waals surface area (Å²) in [5.74, 6) is -0.112. The van der Waals surface area contributed by atoms with E-state index in [4.69, 9.17) is 16.3 Å². The lowest BCUT2D eigenvalue weighted by molar-refractivity contribution is -0.115. The van der Waals surface area contributed by atoms with E-state index in [1.54, 1.807) is 30.3 Å². The minimum atomic E-state index is -3.74. The van der Waals surface area contributed by atoms with Crippen molar-refractivity contribution in [2.45, 2.75) is 4.90 Å². The van der Waals surface area contributed by atoms with Crippen LogP contribution in [-0.2, 0) is 14.8 Å². The maximum Gasteiger partial charge on any atom is 0.241 e. The van der Waals surface area contributed by atoms with Crippen LogP contribution in [0.1, 0.15) is 0 Å². The van der Waals surface area contributed by atoms with Crippen molar-refractivity contribution in [3.63, 3.8) is 0 Å². The molecule has 0 unspecified atom stereocenters. The highest BCUT2D eigenvalue weighted by Gasteiger charge is 2.15. The minimum Gasteiger partial charge on any atom is -0.495 e. The quantitative estimate of drug-likeness (QED) is 0.833. The number of anilines is 1. The number of hydrogen-bond donors (Lipinski definition) is 2. The van der Waals surface area contributed by atoms with Crippen LogP contribution >= 0.6 is 11.6 Å². The van der Waals surface area contributed by atoms with Crippen LogP contribution in [0.4, 0.5) is 5.69 Å². The van der Waals surface area contributed by atoms with E-state index in [1.165, 1.54) is 25.3 Å². The summed E-state index contributed by atoms with van der Waals surface area (Å²) < 4.78 is 31.4. The lowest BCUT2D eigenvalue weighted by atomic mass is 10.3. The van der Waals surface area contributed by atoms with Crippen molar-refractivity contribution in [2.24, 2.45) is 0 Å². The van der Waals surface area contributed by atoms with Gasteiger partial charge in [-0.2, -0.15) is 0 Å². The second-order valence-electron chi connectivity index (χ2n) is 4.53. The Morgan fingerprint density at radius 2 is 1.87 bits per heavy atom. The Morgan fingerprint density at radius 1 is 1.17 bits per heavy atom. The van der Waals surface area contributed by atoms with Crippen molar-refractivity contribution in [2.75, 3.05) is 19.0 Å². The van der Waals surface area contributed by atoms with Crippen LogP contribution in [-0.4, -0.2) is 28.0 Å². The highest BCUT2D eigenvalue weighted by Crippen LogP contribution is 2.27. The fraction of sp³-hybridized carbons (Fsp3) is 0.133. The molecule has 0 saturated heterocycles. The van der Waals surface area contributed by atoms with Crippen LogP contribution in [0.25, 0.3) is 0 Å². The monoisotopic (exact) mass is 354 g/mol. The third-order valence-electron chi connectivity index (χ3n) is 2.91. The fourth-order valence-electron chi connectivity index (χ4n) is 1.82. The van der Waals surface area contributed by atoms with E-state index in [0.717, 1.165) is 0 Å². The van der Waals surface area contributed by atoms with Gasteiger partial charge in [-0.15, -0.1) is 0 Å². The van der Waals surface area contributed by atoms with Gasteiger partial charge < -0.3 is 10.1 Å². The molecule has 0 aliphatic heterocycles. The summed E-state index contributed by atoms with van der Waals surface area (Å²) in [5, 5.41) is 2.97. The largest absolute Gasteiger partial charge is 0.495 e. The average molecular weight is 355 g/mol. The number of hydrogen-bond acceptors (Lipinski definition) is 4. The number of nitrogens with one attached hydrogen (secondary N) is 2. The van der Waals surface area contributed by atoms with Gasteiger partial charge in [-0.1, -0.05) is 29.8 Å². The number of sulfonamides is 1. The van der Waals surface area contributed by atoms with Gasteiger partial charge in [0.15, 0.2) is 0 Å². The van der Waals surface area contributed by atoms with E-state index in [0.29, 0.717) is 16.5 Å². The molecule has 0 aromatic heterocycles. The SMILES string of the molecule is COc1ccc(Cl)cc1NC(=O)CNS(=O)(=O)c1ccccc1. The van der Waals surface area contributed by atoms with E-state index in [9.17, 15) is 13.2 Å². The second-order valence-corrected chi connectivity index (χ2v) is 6.73. The third-order valence-corrected chi connectivity index (χ3v) is 4.56. The molecule has 6 nitrogen and oxygen atoms in total. The van der Waals surface area contributed by atoms with Crippen molar-refractivity contribution < 1.29 is 17.9 Å². The number of carbonyl (C=O) groups is 1. The fourth-order valence-corrected chi connectivity index (χ4v) is 2.99. The molecule has 0 radical (unpaired) electrons. The zero-order chi connectivity index (χ0) is 16.9. The molecule has 0 bridgehead atoms. The molecule has 2 rings (SSSR count). The molecule has 0 saturated carbocycles. The van der Waals surface area contributed by atoms with Crippen molar-refractivity contribution in [3.8, 4) is 5.75 Å². The van der Waals surface area contributed by atoms with E-state index >= 15 is 0 Å². The topological polar surface area (TPSA) is 84.5 Å². The highest BCUT2D eigenvalue weighted by atomic mass is 35.5. The maximum atomic E-state index is 12.0. The summed E-state index contributed by atoms with van der Waals surface area (Å²) in [6, 6.07) is 12.5. The van der Waals surface area contributed by atoms with Gasteiger partial charge in [0.25, 0.3) is 0 Å². The lowest BCUT2D eigenvalue weighted by Crippen LogP contribution is -2.32. The van der Waals surface area contributed by atoms with Crippen molar-refractivity contribution >= 4 is 33.2 Å². The molecule has 2 aromatic carbocycles. The number of methoxy groups -OCH3 is 1. The van der Waals surface area contributed by atoms with Crippen molar-refractivity contribution in [1.29, 1.82) is 0 Å². The van der Waals surface area contributed by atoms with E-state index in [1.807, 2.05) is 0 Å². The molecule has 0 aliphatic carbocycles. The number of carbonyl (C=O) groups excluding carboxylic acids is 1. The summed E-state index contributed by atoms with van der Waals surface area (Å²) in [5.41, 5.74) is 0.365. The van der Waals surface area contributed by atoms with Gasteiger partial charge in [-0.25, -0.2) is 13.1 Å². The molecular formula is C15H15ClN2O4S. The summed E-state index contributed by atoms with van der Waals surface area (Å²) in [7, 11) is -2.28. The summed E-state index contributed by atoms with van der Waals surface area (Å²) in [6.07, 6.45) is 0. The van der Waals surface area contributed by atoms with Gasteiger partial charge in [-0.05, 0) is 30.3 Å². The Morgan fingerprint density at radius 3 is 2.52 bits per heavy atom. The number of amides is 1. The first-order valence-corrected chi connectivity index (χ1v) is 8.46. The first-order valence-electron chi connectivity index (χ1n) is 6.60. The molecule has 0 heterocycles. The predicted molar refractivity (Wildman–Crippen MR) is 88.3 cm³/mol. The predicted octanol–water partition coefficient (Wildman–Crippen LogP) is 2.27. The Bertz CT molecular complexity index is 794. The number of rotatable bonds is 6. The normalized spacial score (nSPS) is 11.0. The molecule has 8 heteroatoms. The number of benzene rings is 2. The van der Waals surface area contributed by atoms with Crippen LogP contribution in [0.5, 0.6) is 5.75 Å². The number of ether oxygens (including phenoxy) is 1. The van der Waals surface area contributed by atoms with Gasteiger partial charge in [0, 0.05) is 5.02 Å². The Kier molecular flexibility index (Phi) is 5.59. The van der Waals surface area contributed by atoms with Gasteiger partial charge in [0.1, 0.15) is 5.75 Å². The zero-order valence-electron chi connectivity index (χ0n) is 12.2. The molecule has 23 heavy (non-hydrogen) atoms. The molecule has 2 aromatic rings. The molecule has 0 fully saturated rings. The molecule has 1 amide bonds. The molecule has 0 atom stereocenters. The van der Waals surface area contributed by atoms with Gasteiger partial charge in [-0.3, -0.25) is 4.79 Å². The highest BCUT2D eigenvalue weighted by molar-refractivity contribution is 7.89. The number of halogens is 1. The van der Waals surface area contributed by atoms with E-state index < -0.39 is 22.5 Å². The van der Waals surface area contributed by atoms with Crippen LogP contribution in [0.3, 0.4) is 0 Å². The summed E-state index contributed by atoms with van der Waals surface area (Å²) in [6.45, 7) is -0.410. The second kappa shape index (κ2) is 7.45. The Labute approximate surface area is 139 Å². The summed E-state index contributed by atoms with van der Waals surface area (Å²) in [4.78, 5) is 12.0. The van der Waals surface area contributed by atoms with Crippen LogP contribution in [0, 0.1) is 0 Å². The smallest absolute Gasteiger partial charge is 0.241 e. The van der Waals surface area contributed by atoms with Crippen LogP contribution in [0.2, 0.25) is 5.02 Å². The maximum absolute atomic E-state index is 12.0. The zero-order valence-corrected chi connectivity index (χ0v) is 13.8. The minimum absolute atomic E-state index is 0.0909. The molecule has 0 aliphatic rings. The first-order chi connectivity index (χ1) is 10.9. The average Bonchev–Trinajstić information content (AvgIpc) is 2.54. The standard InChI is InChI=1S/C15H15ClN2O4S/c1-22-14-8-7-11(16)9-13(14)18-15(19)10-17-23(20,21)12-5-3-2-4-6-12/h2-9,17H,10H2,1H3,(H,18,19). The summed E-state index contributed by atoms with van der Waals surface area (Å²) >= 11 is 5.87. The van der Waals surface area contributed by atoms with E-state index in [2.05, 4.69) is 10.0 Å². The van der Waals surface area contributed by atoms with Gasteiger partial charge in [0.05, 0.1) is 24.2 Å². The molecule has 2 N–H and O–H groups in total. The molecule has 122 valence electrons. The Balaban J connectivity index is 2.02. The van der Waals surface area contributed by atoms with Crippen molar-refractivity contribution in [3.05, 3.63) is 53.6 Å². The van der Waals surface area contributed by atoms with Crippen LogP contribution < -0.4 is 14.8 Å². The van der Waals surface area contributed by atoms with Gasteiger partial charge >= 0.3 is 0 Å². The molecular weight excluding hydrogens is 340 g/mol. The Hall–Kier alpha value is -2.09.